The van der Waals surface area contributed by atoms with E-state index in [4.69, 9.17) is 11.6 Å². The van der Waals surface area contributed by atoms with Crippen molar-refractivity contribution < 1.29 is 13.2 Å². The molecule has 1 heterocycles. The predicted molar refractivity (Wildman–Crippen MR) is 121 cm³/mol. The van der Waals surface area contributed by atoms with Gasteiger partial charge in [0.15, 0.2) is 0 Å². The van der Waals surface area contributed by atoms with Gasteiger partial charge in [-0.05, 0) is 62.6 Å². The summed E-state index contributed by atoms with van der Waals surface area (Å²) in [5.41, 5.74) is 1.75. The number of benzene rings is 2. The smallest absolute Gasteiger partial charge is 0.369 e. The summed E-state index contributed by atoms with van der Waals surface area (Å²) in [7, 11) is 5.74. The van der Waals surface area contributed by atoms with Crippen molar-refractivity contribution in [1.29, 1.82) is 0 Å². The third-order valence-electron chi connectivity index (χ3n) is 5.69. The second kappa shape index (κ2) is 10.2. The summed E-state index contributed by atoms with van der Waals surface area (Å²) in [5, 5.41) is 3.90. The summed E-state index contributed by atoms with van der Waals surface area (Å²) in [6.45, 7) is 3.94. The van der Waals surface area contributed by atoms with E-state index in [9.17, 15) is 13.2 Å². The summed E-state index contributed by atoms with van der Waals surface area (Å²) in [6.07, 6.45) is -4.37. The number of hydrogen-bond donors (Lipinski definition) is 1. The Kier molecular flexibility index (Phi) is 7.86. The third-order valence-corrected chi connectivity index (χ3v) is 5.94. The van der Waals surface area contributed by atoms with Crippen molar-refractivity contribution in [3.63, 3.8) is 0 Å². The number of anilines is 1. The zero-order chi connectivity index (χ0) is 22.6. The second-order valence-corrected chi connectivity index (χ2v) is 8.69. The lowest BCUT2D eigenvalue weighted by molar-refractivity contribution is -0.138. The zero-order valence-corrected chi connectivity index (χ0v) is 19.0. The quantitative estimate of drug-likeness (QED) is 0.664. The van der Waals surface area contributed by atoms with Gasteiger partial charge in [0.25, 0.3) is 0 Å². The summed E-state index contributed by atoms with van der Waals surface area (Å²) in [4.78, 5) is 6.36. The number of piperazine rings is 1. The van der Waals surface area contributed by atoms with Crippen LogP contribution in [0, 0.1) is 0 Å². The molecule has 170 valence electrons. The molecule has 1 unspecified atom stereocenters. The summed E-state index contributed by atoms with van der Waals surface area (Å²) in [6, 6.07) is 12.2. The molecule has 2 aromatic carbocycles. The van der Waals surface area contributed by atoms with Crippen LogP contribution < -0.4 is 10.2 Å². The highest BCUT2D eigenvalue weighted by Gasteiger charge is 2.34. The number of likely N-dealkylation sites (N-methyl/N-ethyl adjacent to an activating group) is 2. The van der Waals surface area contributed by atoms with E-state index >= 15 is 0 Å². The van der Waals surface area contributed by atoms with Crippen molar-refractivity contribution in [3.8, 4) is 0 Å². The van der Waals surface area contributed by atoms with E-state index in [0.717, 1.165) is 24.3 Å². The number of halogens is 4. The highest BCUT2D eigenvalue weighted by molar-refractivity contribution is 6.30. The Morgan fingerprint density at radius 1 is 1.03 bits per heavy atom. The fraction of sp³-hybridized carbons (Fsp3) is 0.478. The van der Waals surface area contributed by atoms with Crippen LogP contribution >= 0.6 is 11.6 Å². The fourth-order valence-electron chi connectivity index (χ4n) is 4.02. The standard InChI is InChI=1S/C23H30ClF3N4/c1-28-22(16-29(2)3)17-4-9-21(23(25,26)27)18(14-17)15-30-10-12-31(13-11-30)20-7-5-19(24)6-8-20/h4-9,14,22,28H,10-13,15-16H2,1-3H3. The molecule has 4 nitrogen and oxygen atoms in total. The topological polar surface area (TPSA) is 21.8 Å². The molecule has 0 spiro atoms. The largest absolute Gasteiger partial charge is 0.416 e. The van der Waals surface area contributed by atoms with Crippen molar-refractivity contribution in [2.75, 3.05) is 58.8 Å². The first-order chi connectivity index (χ1) is 14.7. The summed E-state index contributed by atoms with van der Waals surface area (Å²) < 4.78 is 41.0. The van der Waals surface area contributed by atoms with Gasteiger partial charge in [0, 0.05) is 56.0 Å². The van der Waals surface area contributed by atoms with Gasteiger partial charge in [0.2, 0.25) is 0 Å². The van der Waals surface area contributed by atoms with E-state index in [2.05, 4.69) is 15.1 Å². The van der Waals surface area contributed by atoms with Gasteiger partial charge in [-0.3, -0.25) is 4.90 Å². The van der Waals surface area contributed by atoms with E-state index in [1.165, 1.54) is 6.07 Å². The predicted octanol–water partition coefficient (Wildman–Crippen LogP) is 4.50. The first kappa shape index (κ1) is 23.9. The molecule has 1 saturated heterocycles. The van der Waals surface area contributed by atoms with Crippen LogP contribution in [0.5, 0.6) is 0 Å². The normalized spacial score (nSPS) is 16.7. The number of nitrogens with one attached hydrogen (secondary N) is 1. The highest BCUT2D eigenvalue weighted by atomic mass is 35.5. The Balaban J connectivity index is 1.74. The van der Waals surface area contributed by atoms with Gasteiger partial charge in [-0.15, -0.1) is 0 Å². The molecule has 1 aliphatic heterocycles. The van der Waals surface area contributed by atoms with Gasteiger partial charge in [-0.2, -0.15) is 13.2 Å². The lowest BCUT2D eigenvalue weighted by Gasteiger charge is -2.36. The molecule has 31 heavy (non-hydrogen) atoms. The van der Waals surface area contributed by atoms with Crippen LogP contribution in [0.15, 0.2) is 42.5 Å². The average molecular weight is 455 g/mol. The molecular formula is C23H30ClF3N4. The minimum Gasteiger partial charge on any atom is -0.369 e. The molecule has 0 amide bonds. The lowest BCUT2D eigenvalue weighted by atomic mass is 9.98. The molecule has 0 aromatic heterocycles. The molecule has 1 N–H and O–H groups in total. The van der Waals surface area contributed by atoms with Gasteiger partial charge in [0.05, 0.1) is 5.56 Å². The minimum atomic E-state index is -4.37. The van der Waals surface area contributed by atoms with Crippen molar-refractivity contribution >= 4 is 17.3 Å². The maximum Gasteiger partial charge on any atom is 0.416 e. The van der Waals surface area contributed by atoms with Crippen LogP contribution in [-0.2, 0) is 12.7 Å². The van der Waals surface area contributed by atoms with Crippen molar-refractivity contribution in [2.24, 2.45) is 0 Å². The monoisotopic (exact) mass is 454 g/mol. The molecular weight excluding hydrogens is 425 g/mol. The highest BCUT2D eigenvalue weighted by Crippen LogP contribution is 2.34. The molecule has 1 atom stereocenters. The molecule has 2 aromatic rings. The van der Waals surface area contributed by atoms with Gasteiger partial charge in [-0.25, -0.2) is 0 Å². The molecule has 8 heteroatoms. The summed E-state index contributed by atoms with van der Waals surface area (Å²) in [5.74, 6) is 0. The Labute approximate surface area is 187 Å². The number of hydrogen-bond acceptors (Lipinski definition) is 4. The Bertz CT molecular complexity index is 847. The third kappa shape index (κ3) is 6.35. The van der Waals surface area contributed by atoms with Crippen LogP contribution in [0.2, 0.25) is 5.02 Å². The molecule has 1 fully saturated rings. The lowest BCUT2D eigenvalue weighted by Crippen LogP contribution is -2.46. The van der Waals surface area contributed by atoms with E-state index in [1.54, 1.807) is 12.1 Å². The maximum absolute atomic E-state index is 13.7. The minimum absolute atomic E-state index is 0.0298. The Hall–Kier alpha value is -1.80. The van der Waals surface area contributed by atoms with Crippen LogP contribution in [0.1, 0.15) is 22.7 Å². The fourth-order valence-corrected chi connectivity index (χ4v) is 4.15. The van der Waals surface area contributed by atoms with Gasteiger partial charge < -0.3 is 15.1 Å². The van der Waals surface area contributed by atoms with E-state index in [1.807, 2.05) is 50.3 Å². The van der Waals surface area contributed by atoms with E-state index < -0.39 is 11.7 Å². The van der Waals surface area contributed by atoms with Gasteiger partial charge >= 0.3 is 6.18 Å². The molecule has 0 aliphatic carbocycles. The Morgan fingerprint density at radius 3 is 2.23 bits per heavy atom. The van der Waals surface area contributed by atoms with E-state index in [-0.39, 0.29) is 12.6 Å². The van der Waals surface area contributed by atoms with Crippen molar-refractivity contribution in [1.82, 2.24) is 15.1 Å². The second-order valence-electron chi connectivity index (χ2n) is 8.26. The van der Waals surface area contributed by atoms with Crippen molar-refractivity contribution in [3.05, 3.63) is 64.2 Å². The molecule has 0 bridgehead atoms. The van der Waals surface area contributed by atoms with Crippen LogP contribution in [0.4, 0.5) is 18.9 Å². The maximum atomic E-state index is 13.7. The number of alkyl halides is 3. The zero-order valence-electron chi connectivity index (χ0n) is 18.2. The first-order valence-electron chi connectivity index (χ1n) is 10.4. The molecule has 0 saturated carbocycles. The SMILES string of the molecule is CNC(CN(C)C)c1ccc(C(F)(F)F)c(CN2CCN(c3ccc(Cl)cc3)CC2)c1. The molecule has 3 rings (SSSR count). The molecule has 1 aliphatic rings. The van der Waals surface area contributed by atoms with E-state index in [0.29, 0.717) is 30.2 Å². The van der Waals surface area contributed by atoms with Crippen LogP contribution in [-0.4, -0.2) is 63.7 Å². The van der Waals surface area contributed by atoms with Crippen LogP contribution in [0.3, 0.4) is 0 Å². The van der Waals surface area contributed by atoms with Gasteiger partial charge in [-0.1, -0.05) is 23.7 Å². The number of rotatable bonds is 7. The van der Waals surface area contributed by atoms with Crippen molar-refractivity contribution in [2.45, 2.75) is 18.8 Å². The Morgan fingerprint density at radius 2 is 1.68 bits per heavy atom. The summed E-state index contributed by atoms with van der Waals surface area (Å²) >= 11 is 5.96. The number of nitrogens with zero attached hydrogens (tertiary/aromatic N) is 3. The first-order valence-corrected chi connectivity index (χ1v) is 10.8. The average Bonchev–Trinajstić information content (AvgIpc) is 2.72. The molecule has 0 radical (unpaired) electrons. The van der Waals surface area contributed by atoms with Crippen LogP contribution in [0.25, 0.3) is 0 Å². The van der Waals surface area contributed by atoms with Gasteiger partial charge in [0.1, 0.15) is 0 Å².